The minimum atomic E-state index is -1.08. The third kappa shape index (κ3) is 12.9. The fourth-order valence-electron chi connectivity index (χ4n) is 0.966. The molecule has 0 aromatic carbocycles. The van der Waals surface area contributed by atoms with E-state index in [9.17, 15) is 9.59 Å². The Morgan fingerprint density at radius 2 is 1.38 bits per heavy atom. The molecule has 0 bridgehead atoms. The van der Waals surface area contributed by atoms with Gasteiger partial charge >= 0.3 is 11.9 Å². The van der Waals surface area contributed by atoms with Crippen molar-refractivity contribution in [2.75, 3.05) is 13.1 Å². The second-order valence-electron chi connectivity index (χ2n) is 3.14. The summed E-state index contributed by atoms with van der Waals surface area (Å²) in [5.41, 5.74) is 0. The Morgan fingerprint density at radius 3 is 1.44 bits per heavy atom. The summed E-state index contributed by atoms with van der Waals surface area (Å²) in [5, 5.41) is 24.7. The molecule has 3 N–H and O–H groups in total. The molecule has 0 aliphatic heterocycles. The van der Waals surface area contributed by atoms with Crippen molar-refractivity contribution in [1.29, 1.82) is 0 Å². The smallest absolute Gasteiger partial charge is 0.303 e. The van der Waals surface area contributed by atoms with Crippen molar-refractivity contribution in [1.82, 2.24) is 4.90 Å². The molecule has 6 heteroatoms. The highest BCUT2D eigenvalue weighted by atomic mass is 16.4. The van der Waals surface area contributed by atoms with Crippen LogP contribution in [0.3, 0.4) is 0 Å². The number of aliphatic hydroxyl groups excluding tert-OH is 1. The molecule has 0 aliphatic rings. The summed E-state index contributed by atoms with van der Waals surface area (Å²) >= 11 is 0. The summed E-state index contributed by atoms with van der Waals surface area (Å²) in [5.74, 6) is -2.15. The summed E-state index contributed by atoms with van der Waals surface area (Å²) in [4.78, 5) is 21.3. The molecule has 0 radical (unpaired) electrons. The standard InChI is InChI=1S/C6H15NO.C4H6O4/c1-4-7(5-2)6(3)8;5-3(6)1-2-4(7)8/h6,8H,4-5H2,1-3H3;1-2H2,(H,5,6)(H,7,8). The van der Waals surface area contributed by atoms with Gasteiger partial charge in [-0.15, -0.1) is 0 Å². The molecule has 0 heterocycles. The maximum atomic E-state index is 9.64. The van der Waals surface area contributed by atoms with Gasteiger partial charge in [-0.3, -0.25) is 14.5 Å². The first-order chi connectivity index (χ1) is 7.34. The Balaban J connectivity index is 0. The SMILES string of the molecule is CCN(CC)C(C)O.O=C(O)CCC(=O)O. The normalized spacial score (nSPS) is 11.6. The monoisotopic (exact) mass is 235 g/mol. The minimum Gasteiger partial charge on any atom is -0.481 e. The third-order valence-electron chi connectivity index (χ3n) is 1.89. The van der Waals surface area contributed by atoms with E-state index < -0.39 is 11.9 Å². The minimum absolute atomic E-state index is 0.287. The van der Waals surface area contributed by atoms with Gasteiger partial charge in [-0.05, 0) is 20.0 Å². The van der Waals surface area contributed by atoms with Crippen LogP contribution in [-0.2, 0) is 9.59 Å². The van der Waals surface area contributed by atoms with Gasteiger partial charge in [0.05, 0.1) is 12.8 Å². The van der Waals surface area contributed by atoms with E-state index in [4.69, 9.17) is 15.3 Å². The molecule has 1 atom stereocenters. The number of nitrogens with zero attached hydrogens (tertiary/aromatic N) is 1. The van der Waals surface area contributed by atoms with Crippen molar-refractivity contribution in [3.63, 3.8) is 0 Å². The van der Waals surface area contributed by atoms with Gasteiger partial charge in [0.15, 0.2) is 0 Å². The van der Waals surface area contributed by atoms with E-state index in [1.165, 1.54) is 0 Å². The highest BCUT2D eigenvalue weighted by Gasteiger charge is 2.02. The van der Waals surface area contributed by atoms with E-state index in [0.717, 1.165) is 13.1 Å². The lowest BCUT2D eigenvalue weighted by atomic mass is 10.3. The Bertz CT molecular complexity index is 187. The lowest BCUT2D eigenvalue weighted by molar-refractivity contribution is -0.143. The molecule has 0 aromatic heterocycles. The van der Waals surface area contributed by atoms with E-state index in [1.807, 2.05) is 18.7 Å². The fraction of sp³-hybridized carbons (Fsp3) is 0.800. The van der Waals surface area contributed by atoms with Crippen molar-refractivity contribution in [3.05, 3.63) is 0 Å². The first-order valence-corrected chi connectivity index (χ1v) is 5.20. The zero-order valence-electron chi connectivity index (χ0n) is 10.0. The maximum Gasteiger partial charge on any atom is 0.303 e. The van der Waals surface area contributed by atoms with Gasteiger partial charge in [-0.25, -0.2) is 0 Å². The molecule has 0 saturated carbocycles. The Labute approximate surface area is 95.5 Å². The zero-order chi connectivity index (χ0) is 13.1. The highest BCUT2D eigenvalue weighted by molar-refractivity contribution is 5.75. The number of carboxylic acids is 2. The van der Waals surface area contributed by atoms with Crippen molar-refractivity contribution < 1.29 is 24.9 Å². The van der Waals surface area contributed by atoms with Crippen LogP contribution in [0.15, 0.2) is 0 Å². The molecule has 96 valence electrons. The summed E-state index contributed by atoms with van der Waals surface area (Å²) < 4.78 is 0. The molecule has 1 unspecified atom stereocenters. The van der Waals surface area contributed by atoms with E-state index in [1.54, 1.807) is 6.92 Å². The predicted molar refractivity (Wildman–Crippen MR) is 59.1 cm³/mol. The predicted octanol–water partition coefficient (Wildman–Crippen LogP) is 0.602. The lowest BCUT2D eigenvalue weighted by Gasteiger charge is -2.20. The van der Waals surface area contributed by atoms with E-state index in [2.05, 4.69) is 0 Å². The van der Waals surface area contributed by atoms with Crippen LogP contribution in [0.25, 0.3) is 0 Å². The van der Waals surface area contributed by atoms with Crippen molar-refractivity contribution in [2.45, 2.75) is 39.8 Å². The number of hydrogen-bond donors (Lipinski definition) is 3. The number of hydrogen-bond acceptors (Lipinski definition) is 4. The van der Waals surface area contributed by atoms with Gasteiger partial charge in [0, 0.05) is 0 Å². The molecule has 0 spiro atoms. The molecule has 0 rings (SSSR count). The number of carboxylic acid groups (broad SMARTS) is 2. The van der Waals surface area contributed by atoms with E-state index in [-0.39, 0.29) is 19.1 Å². The van der Waals surface area contributed by atoms with E-state index >= 15 is 0 Å². The summed E-state index contributed by atoms with van der Waals surface area (Å²) in [6.45, 7) is 7.71. The van der Waals surface area contributed by atoms with Gasteiger partial charge < -0.3 is 15.3 Å². The van der Waals surface area contributed by atoms with Crippen molar-refractivity contribution >= 4 is 11.9 Å². The number of aliphatic hydroxyl groups is 1. The van der Waals surface area contributed by atoms with Gasteiger partial charge in [0.2, 0.25) is 0 Å². The van der Waals surface area contributed by atoms with Crippen molar-refractivity contribution in [2.24, 2.45) is 0 Å². The largest absolute Gasteiger partial charge is 0.481 e. The van der Waals surface area contributed by atoms with Crippen LogP contribution >= 0.6 is 0 Å². The molecular weight excluding hydrogens is 214 g/mol. The summed E-state index contributed by atoms with van der Waals surface area (Å²) in [7, 11) is 0. The first-order valence-electron chi connectivity index (χ1n) is 5.20. The molecule has 0 amide bonds. The van der Waals surface area contributed by atoms with Gasteiger partial charge in [0.25, 0.3) is 0 Å². The highest BCUT2D eigenvalue weighted by Crippen LogP contribution is 1.91. The average Bonchev–Trinajstić information content (AvgIpc) is 2.17. The van der Waals surface area contributed by atoms with Gasteiger partial charge in [0.1, 0.15) is 6.23 Å². The van der Waals surface area contributed by atoms with Crippen LogP contribution in [0.5, 0.6) is 0 Å². The van der Waals surface area contributed by atoms with Crippen molar-refractivity contribution in [3.8, 4) is 0 Å². The molecule has 0 saturated heterocycles. The molecule has 6 nitrogen and oxygen atoms in total. The van der Waals surface area contributed by atoms with Crippen LogP contribution in [0.1, 0.15) is 33.6 Å². The van der Waals surface area contributed by atoms with Crippen LogP contribution in [-0.4, -0.2) is 51.5 Å². The van der Waals surface area contributed by atoms with Gasteiger partial charge in [-0.2, -0.15) is 0 Å². The topological polar surface area (TPSA) is 98.1 Å². The average molecular weight is 235 g/mol. The number of rotatable bonds is 6. The summed E-state index contributed by atoms with van der Waals surface area (Å²) in [6.07, 6.45) is -0.880. The lowest BCUT2D eigenvalue weighted by Crippen LogP contribution is -2.32. The van der Waals surface area contributed by atoms with Crippen LogP contribution in [0, 0.1) is 0 Å². The van der Waals surface area contributed by atoms with Crippen LogP contribution in [0.4, 0.5) is 0 Å². The second kappa shape index (κ2) is 10.4. The van der Waals surface area contributed by atoms with Crippen LogP contribution in [0.2, 0.25) is 0 Å². The van der Waals surface area contributed by atoms with Crippen LogP contribution < -0.4 is 0 Å². The Morgan fingerprint density at radius 1 is 1.06 bits per heavy atom. The Kier molecular flexibility index (Phi) is 11.2. The van der Waals surface area contributed by atoms with E-state index in [0.29, 0.717) is 0 Å². The quantitative estimate of drug-likeness (QED) is 0.583. The summed E-state index contributed by atoms with van der Waals surface area (Å²) in [6, 6.07) is 0. The first kappa shape index (κ1) is 17.3. The molecule has 0 fully saturated rings. The number of aliphatic carboxylic acids is 2. The zero-order valence-corrected chi connectivity index (χ0v) is 10.0. The molecule has 0 aromatic rings. The second-order valence-corrected chi connectivity index (χ2v) is 3.14. The fourth-order valence-corrected chi connectivity index (χ4v) is 0.966. The van der Waals surface area contributed by atoms with Gasteiger partial charge in [-0.1, -0.05) is 13.8 Å². The third-order valence-corrected chi connectivity index (χ3v) is 1.89. The maximum absolute atomic E-state index is 9.64. The molecular formula is C10H21NO5. The Hall–Kier alpha value is -1.14. The molecule has 0 aliphatic carbocycles. The molecule has 16 heavy (non-hydrogen) atoms. The number of carbonyl (C=O) groups is 2.